The number of hydrogen-bond acceptors (Lipinski definition) is 8. The lowest BCUT2D eigenvalue weighted by molar-refractivity contribution is -0.150. The molecule has 13 heteroatoms. The van der Waals surface area contributed by atoms with Crippen LogP contribution in [0.25, 0.3) is 0 Å². The van der Waals surface area contributed by atoms with Gasteiger partial charge in [-0.15, -0.1) is 0 Å². The summed E-state index contributed by atoms with van der Waals surface area (Å²) in [6.07, 6.45) is 8.33. The highest BCUT2D eigenvalue weighted by Crippen LogP contribution is 2.44. The Morgan fingerprint density at radius 3 is 1.42 bits per heavy atom. The summed E-state index contributed by atoms with van der Waals surface area (Å²) in [7, 11) is 0. The lowest BCUT2D eigenvalue weighted by atomic mass is 9.90. The molecule has 5 saturated carbocycles. The van der Waals surface area contributed by atoms with Gasteiger partial charge in [-0.3, -0.25) is 24.0 Å². The summed E-state index contributed by atoms with van der Waals surface area (Å²) >= 11 is 0. The Hall–Kier alpha value is -4.16. The zero-order valence-electron chi connectivity index (χ0n) is 36.3. The Balaban J connectivity index is 1.03. The Kier molecular flexibility index (Phi) is 13.7. The maximum atomic E-state index is 14.1. The fourth-order valence-corrected chi connectivity index (χ4v) is 10.7. The summed E-state index contributed by atoms with van der Waals surface area (Å²) in [5.74, 6) is -3.09. The van der Waals surface area contributed by atoms with Crippen LogP contribution in [0.5, 0.6) is 0 Å². The molecule has 0 saturated heterocycles. The van der Waals surface area contributed by atoms with Crippen molar-refractivity contribution in [3.05, 3.63) is 35.9 Å². The lowest BCUT2D eigenvalue weighted by Gasteiger charge is -2.29. The quantitative estimate of drug-likeness (QED) is 0.163. The summed E-state index contributed by atoms with van der Waals surface area (Å²) in [4.78, 5) is 81.4. The Labute approximate surface area is 350 Å². The van der Waals surface area contributed by atoms with Gasteiger partial charge in [0, 0.05) is 30.2 Å². The van der Waals surface area contributed by atoms with Crippen molar-refractivity contribution in [3.63, 3.8) is 0 Å². The molecule has 0 heterocycles. The standard InChI is InChI=1S/C46H69N5O8/c1-44(2,3)59-43(57)51-34-20-12-17-29(34)39(53)50-36-24-45(4,5)22-31(36)40(54)47-33-19-11-16-28(33)38(52)49-37-25-46(6,7)23-32(37)41(55)48-35-21-13-18-30(35)42(56)58-26-27-14-9-8-10-15-27/h8-10,14-15,28-37H,11-13,16-26H2,1-7H3,(H,47,54)(H,48,55)(H,49,52)(H,50,53)(H,51,57)/t28-,29-,30-,31-,32-,33-,34-,35-,36-,37-/m1/s1. The Morgan fingerprint density at radius 2 is 0.949 bits per heavy atom. The van der Waals surface area contributed by atoms with Crippen molar-refractivity contribution in [1.82, 2.24) is 26.6 Å². The van der Waals surface area contributed by atoms with E-state index >= 15 is 0 Å². The molecule has 10 atom stereocenters. The van der Waals surface area contributed by atoms with Crippen LogP contribution in [0.4, 0.5) is 4.79 Å². The molecule has 5 aliphatic rings. The van der Waals surface area contributed by atoms with Gasteiger partial charge in [0.1, 0.15) is 12.2 Å². The van der Waals surface area contributed by atoms with Crippen LogP contribution in [0.2, 0.25) is 0 Å². The summed E-state index contributed by atoms with van der Waals surface area (Å²) < 4.78 is 11.1. The second kappa shape index (κ2) is 18.2. The number of carbonyl (C=O) groups excluding carboxylic acids is 6. The molecular formula is C46H69N5O8. The molecule has 5 amide bonds. The number of amides is 5. The third-order valence-electron chi connectivity index (χ3n) is 13.5. The topological polar surface area (TPSA) is 181 Å². The van der Waals surface area contributed by atoms with Gasteiger partial charge in [0.05, 0.1) is 29.6 Å². The highest BCUT2D eigenvalue weighted by atomic mass is 16.6. The number of carbonyl (C=O) groups is 6. The van der Waals surface area contributed by atoms with Crippen LogP contribution in [-0.2, 0) is 40.1 Å². The molecule has 5 N–H and O–H groups in total. The molecule has 0 aromatic heterocycles. The summed E-state index contributed by atoms with van der Waals surface area (Å²) in [6.45, 7) is 14.0. The number of nitrogens with one attached hydrogen (secondary N) is 5. The fraction of sp³-hybridized carbons (Fsp3) is 0.739. The van der Waals surface area contributed by atoms with Crippen LogP contribution in [0.15, 0.2) is 30.3 Å². The summed E-state index contributed by atoms with van der Waals surface area (Å²) in [6, 6.07) is 7.78. The first-order valence-electron chi connectivity index (χ1n) is 22.2. The third kappa shape index (κ3) is 11.6. The van der Waals surface area contributed by atoms with Crippen LogP contribution in [0, 0.1) is 40.4 Å². The van der Waals surface area contributed by atoms with Crippen LogP contribution in [0.3, 0.4) is 0 Å². The molecule has 59 heavy (non-hydrogen) atoms. The third-order valence-corrected chi connectivity index (χ3v) is 13.5. The minimum atomic E-state index is -0.649. The van der Waals surface area contributed by atoms with Gasteiger partial charge in [0.25, 0.3) is 0 Å². The smallest absolute Gasteiger partial charge is 0.407 e. The van der Waals surface area contributed by atoms with Gasteiger partial charge in [-0.2, -0.15) is 0 Å². The minimum Gasteiger partial charge on any atom is -0.461 e. The molecule has 0 spiro atoms. The van der Waals surface area contributed by atoms with E-state index in [1.165, 1.54) is 0 Å². The van der Waals surface area contributed by atoms with E-state index in [0.29, 0.717) is 64.2 Å². The average Bonchev–Trinajstić information content (AvgIpc) is 3.99. The molecule has 0 aliphatic heterocycles. The maximum Gasteiger partial charge on any atom is 0.407 e. The predicted octanol–water partition coefficient (Wildman–Crippen LogP) is 5.84. The number of esters is 1. The number of rotatable bonds is 12. The first-order valence-corrected chi connectivity index (χ1v) is 22.2. The molecule has 0 radical (unpaired) electrons. The van der Waals surface area contributed by atoms with Gasteiger partial charge >= 0.3 is 12.1 Å². The molecule has 1 aromatic carbocycles. The van der Waals surface area contributed by atoms with E-state index in [4.69, 9.17) is 9.47 Å². The number of alkyl carbamates (subject to hydrolysis) is 1. The van der Waals surface area contributed by atoms with E-state index in [-0.39, 0.29) is 77.2 Å². The first kappa shape index (κ1) is 44.4. The highest BCUT2D eigenvalue weighted by Gasteiger charge is 2.49. The second-order valence-corrected chi connectivity index (χ2v) is 20.8. The molecule has 6 rings (SSSR count). The van der Waals surface area contributed by atoms with E-state index < -0.39 is 41.3 Å². The normalized spacial score (nSPS) is 32.2. The SMILES string of the molecule is CC1(C)C[C@@H](NC(=O)[C@@H]2CCC[C@H]2NC(=O)OC(C)(C)C)[C@H](C(=O)N[C@@H]2CCC[C@H]2C(=O)N[C@@H]2CC(C)(C)C[C@H]2C(=O)N[C@@H]2CCC[C@H]2C(=O)OCc2ccccc2)C1. The molecule has 326 valence electrons. The number of hydrogen-bond donors (Lipinski definition) is 5. The predicted molar refractivity (Wildman–Crippen MR) is 222 cm³/mol. The monoisotopic (exact) mass is 820 g/mol. The van der Waals surface area contributed by atoms with E-state index in [1.54, 1.807) is 20.8 Å². The Morgan fingerprint density at radius 1 is 0.542 bits per heavy atom. The van der Waals surface area contributed by atoms with Crippen molar-refractivity contribution in [2.75, 3.05) is 0 Å². The van der Waals surface area contributed by atoms with Gasteiger partial charge in [-0.1, -0.05) is 77.3 Å². The van der Waals surface area contributed by atoms with Gasteiger partial charge in [0.15, 0.2) is 0 Å². The lowest BCUT2D eigenvalue weighted by Crippen LogP contribution is -2.53. The summed E-state index contributed by atoms with van der Waals surface area (Å²) in [5.41, 5.74) is -0.0894. The maximum absolute atomic E-state index is 14.1. The first-order chi connectivity index (χ1) is 27.8. The van der Waals surface area contributed by atoms with E-state index in [2.05, 4.69) is 54.3 Å². The van der Waals surface area contributed by atoms with Gasteiger partial charge < -0.3 is 36.1 Å². The second-order valence-electron chi connectivity index (χ2n) is 20.8. The van der Waals surface area contributed by atoms with E-state index in [0.717, 1.165) is 24.8 Å². The van der Waals surface area contributed by atoms with Crippen molar-refractivity contribution in [1.29, 1.82) is 0 Å². The van der Waals surface area contributed by atoms with Crippen LogP contribution in [0.1, 0.15) is 138 Å². The van der Waals surface area contributed by atoms with Gasteiger partial charge in [0.2, 0.25) is 23.6 Å². The van der Waals surface area contributed by atoms with Crippen LogP contribution < -0.4 is 26.6 Å². The molecule has 0 bridgehead atoms. The van der Waals surface area contributed by atoms with Crippen LogP contribution >= 0.6 is 0 Å². The zero-order valence-corrected chi connectivity index (χ0v) is 36.3. The highest BCUT2D eigenvalue weighted by molar-refractivity contribution is 5.87. The Bertz CT molecular complexity index is 1710. The molecule has 13 nitrogen and oxygen atoms in total. The van der Waals surface area contributed by atoms with Crippen molar-refractivity contribution < 1.29 is 38.2 Å². The van der Waals surface area contributed by atoms with Crippen molar-refractivity contribution in [2.45, 2.75) is 174 Å². The average molecular weight is 820 g/mol. The molecular weight excluding hydrogens is 751 g/mol. The van der Waals surface area contributed by atoms with Crippen LogP contribution in [-0.4, -0.2) is 71.5 Å². The van der Waals surface area contributed by atoms with Gasteiger partial charge in [-0.05, 0) is 101 Å². The largest absolute Gasteiger partial charge is 0.461 e. The van der Waals surface area contributed by atoms with E-state index in [9.17, 15) is 28.8 Å². The number of ether oxygens (including phenoxy) is 2. The molecule has 0 unspecified atom stereocenters. The number of benzene rings is 1. The van der Waals surface area contributed by atoms with Crippen molar-refractivity contribution in [3.8, 4) is 0 Å². The zero-order chi connectivity index (χ0) is 42.7. The van der Waals surface area contributed by atoms with Gasteiger partial charge in [-0.25, -0.2) is 4.79 Å². The summed E-state index contributed by atoms with van der Waals surface area (Å²) in [5, 5.41) is 15.8. The minimum absolute atomic E-state index is 0.147. The van der Waals surface area contributed by atoms with Crippen molar-refractivity contribution in [2.24, 2.45) is 40.4 Å². The van der Waals surface area contributed by atoms with Crippen molar-refractivity contribution >= 4 is 35.7 Å². The molecule has 1 aromatic rings. The molecule has 5 aliphatic carbocycles. The van der Waals surface area contributed by atoms with E-state index in [1.807, 2.05) is 30.3 Å². The fourth-order valence-electron chi connectivity index (χ4n) is 10.7. The molecule has 5 fully saturated rings.